The van der Waals surface area contributed by atoms with Crippen molar-refractivity contribution in [1.82, 2.24) is 5.32 Å². The molecule has 1 aliphatic carbocycles. The van der Waals surface area contributed by atoms with Crippen molar-refractivity contribution in [1.29, 1.82) is 0 Å². The van der Waals surface area contributed by atoms with Crippen LogP contribution >= 0.6 is 0 Å². The van der Waals surface area contributed by atoms with E-state index in [1.54, 1.807) is 0 Å². The van der Waals surface area contributed by atoms with Gasteiger partial charge in [-0.3, -0.25) is 0 Å². The first-order valence-electron chi connectivity index (χ1n) is 11.7. The fourth-order valence-electron chi connectivity index (χ4n) is 4.38. The Balaban J connectivity index is 1.46. The molecule has 172 valence electrons. The van der Waals surface area contributed by atoms with E-state index in [0.29, 0.717) is 6.61 Å². The summed E-state index contributed by atoms with van der Waals surface area (Å²) in [4.78, 5) is 12.9. The van der Waals surface area contributed by atoms with Crippen LogP contribution in [0.5, 0.6) is 5.75 Å². The highest BCUT2D eigenvalue weighted by atomic mass is 28.4. The number of carbonyl (C=O) groups excluding carboxylic acids is 1. The number of hydrogen-bond acceptors (Lipinski definition) is 3. The van der Waals surface area contributed by atoms with Gasteiger partial charge in [0.1, 0.15) is 5.75 Å². The van der Waals surface area contributed by atoms with Crippen molar-refractivity contribution >= 4 is 20.0 Å². The van der Waals surface area contributed by atoms with E-state index in [-0.39, 0.29) is 23.2 Å². The molecule has 0 spiro atoms. The number of urea groups is 1. The first kappa shape index (κ1) is 22.9. The molecule has 1 unspecified atom stereocenters. The number of benzene rings is 2. The van der Waals surface area contributed by atoms with E-state index in [4.69, 9.17) is 9.16 Å². The van der Waals surface area contributed by atoms with Crippen molar-refractivity contribution in [2.75, 3.05) is 11.9 Å². The molecule has 1 heterocycles. The van der Waals surface area contributed by atoms with Gasteiger partial charge in [0.05, 0.1) is 12.6 Å². The van der Waals surface area contributed by atoms with Crippen molar-refractivity contribution < 1.29 is 14.0 Å². The van der Waals surface area contributed by atoms with Crippen LogP contribution in [0, 0.1) is 0 Å². The molecule has 0 saturated heterocycles. The monoisotopic (exact) mass is 452 g/mol. The van der Waals surface area contributed by atoms with Crippen molar-refractivity contribution in [2.24, 2.45) is 0 Å². The molecule has 0 fully saturated rings. The van der Waals surface area contributed by atoms with E-state index in [1.807, 2.05) is 36.4 Å². The van der Waals surface area contributed by atoms with Crippen LogP contribution in [0.3, 0.4) is 0 Å². The Morgan fingerprint density at radius 3 is 2.66 bits per heavy atom. The Morgan fingerprint density at radius 1 is 1.09 bits per heavy atom. The van der Waals surface area contributed by atoms with Crippen LogP contribution in [-0.2, 0) is 17.3 Å². The van der Waals surface area contributed by atoms with Crippen LogP contribution in [0.4, 0.5) is 10.5 Å². The summed E-state index contributed by atoms with van der Waals surface area (Å²) in [5.74, 6) is 0.853. The zero-order valence-electron chi connectivity index (χ0n) is 20.0. The smallest absolute Gasteiger partial charge is 0.319 e. The van der Waals surface area contributed by atoms with E-state index >= 15 is 0 Å². The lowest BCUT2D eigenvalue weighted by atomic mass is 9.88. The number of para-hydroxylation sites is 1. The Hall–Kier alpha value is -2.31. The van der Waals surface area contributed by atoms with Crippen molar-refractivity contribution in [3.05, 3.63) is 59.2 Å². The second kappa shape index (κ2) is 8.91. The highest BCUT2D eigenvalue weighted by Crippen LogP contribution is 2.40. The van der Waals surface area contributed by atoms with Gasteiger partial charge in [0.15, 0.2) is 8.32 Å². The zero-order chi connectivity index (χ0) is 22.9. The van der Waals surface area contributed by atoms with E-state index in [2.05, 4.69) is 50.6 Å². The van der Waals surface area contributed by atoms with Gasteiger partial charge in [-0.1, -0.05) is 51.1 Å². The van der Waals surface area contributed by atoms with Gasteiger partial charge in [0.2, 0.25) is 0 Å². The Labute approximate surface area is 193 Å². The van der Waals surface area contributed by atoms with Gasteiger partial charge in [0.25, 0.3) is 0 Å². The first-order valence-corrected chi connectivity index (χ1v) is 14.6. The summed E-state index contributed by atoms with van der Waals surface area (Å²) >= 11 is 0. The maximum Gasteiger partial charge on any atom is 0.319 e. The topological polar surface area (TPSA) is 59.6 Å². The molecule has 6 heteroatoms. The van der Waals surface area contributed by atoms with Crippen LogP contribution < -0.4 is 15.4 Å². The van der Waals surface area contributed by atoms with Crippen molar-refractivity contribution in [3.63, 3.8) is 0 Å². The lowest BCUT2D eigenvalue weighted by molar-refractivity contribution is 0.165. The van der Waals surface area contributed by atoms with Crippen molar-refractivity contribution in [2.45, 2.75) is 76.7 Å². The predicted octanol–water partition coefficient (Wildman–Crippen LogP) is 6.21. The summed E-state index contributed by atoms with van der Waals surface area (Å²) in [6.07, 6.45) is 3.84. The van der Waals surface area contributed by atoms with Gasteiger partial charge in [0, 0.05) is 23.8 Å². The fraction of sp³-hybridized carbons (Fsp3) is 0.500. The number of rotatable bonds is 4. The van der Waals surface area contributed by atoms with Crippen molar-refractivity contribution in [3.8, 4) is 5.75 Å². The molecule has 2 aromatic rings. The van der Waals surface area contributed by atoms with Crippen LogP contribution in [0.2, 0.25) is 18.1 Å². The average Bonchev–Trinajstić information content (AvgIpc) is 2.73. The summed E-state index contributed by atoms with van der Waals surface area (Å²) in [6, 6.07) is 13.9. The van der Waals surface area contributed by atoms with E-state index in [9.17, 15) is 4.79 Å². The number of carbonyl (C=O) groups is 1. The molecular formula is C26H36N2O3Si. The van der Waals surface area contributed by atoms with Crippen LogP contribution in [-0.4, -0.2) is 27.1 Å². The van der Waals surface area contributed by atoms with Gasteiger partial charge in [-0.25, -0.2) is 4.79 Å². The third kappa shape index (κ3) is 4.86. The van der Waals surface area contributed by atoms with Gasteiger partial charge in [-0.2, -0.15) is 0 Å². The average molecular weight is 453 g/mol. The standard InChI is InChI=1S/C26H36N2O3Si/c1-26(2,3)32(4,5)31-19-14-13-18-9-8-11-22(21(18)17-19)27-25(29)28-23-15-16-30-24-12-7-6-10-20(23)24/h6-12,19,23H,13-17H2,1-5H3,(H2,27,28,29)/t19?,23-/m1/s1. The molecule has 2 atom stereocenters. The summed E-state index contributed by atoms with van der Waals surface area (Å²) in [7, 11) is -1.84. The Morgan fingerprint density at radius 2 is 1.88 bits per heavy atom. The lowest BCUT2D eigenvalue weighted by Gasteiger charge is -2.40. The maximum absolute atomic E-state index is 12.9. The normalized spacial score (nSPS) is 20.5. The number of nitrogens with one attached hydrogen (secondary N) is 2. The van der Waals surface area contributed by atoms with Gasteiger partial charge in [-0.05, 0) is 60.7 Å². The van der Waals surface area contributed by atoms with Crippen LogP contribution in [0.25, 0.3) is 0 Å². The molecule has 32 heavy (non-hydrogen) atoms. The minimum Gasteiger partial charge on any atom is -0.493 e. The van der Waals surface area contributed by atoms with Gasteiger partial charge < -0.3 is 19.8 Å². The first-order chi connectivity index (χ1) is 15.1. The maximum atomic E-state index is 12.9. The highest BCUT2D eigenvalue weighted by molar-refractivity contribution is 6.74. The molecule has 2 amide bonds. The molecule has 1 aliphatic heterocycles. The number of hydrogen-bond donors (Lipinski definition) is 2. The SMILES string of the molecule is CC(C)(C)[Si](C)(C)OC1CCc2cccc(NC(=O)N[C@@H]3CCOc4ccccc43)c2C1. The molecular weight excluding hydrogens is 416 g/mol. The molecule has 2 aliphatic rings. The number of anilines is 1. The van der Waals surface area contributed by atoms with Gasteiger partial charge >= 0.3 is 6.03 Å². The molecule has 2 aromatic carbocycles. The Kier molecular flexibility index (Phi) is 6.36. The summed E-state index contributed by atoms with van der Waals surface area (Å²) < 4.78 is 12.4. The summed E-state index contributed by atoms with van der Waals surface area (Å²) in [6.45, 7) is 12.1. The zero-order valence-corrected chi connectivity index (χ0v) is 21.0. The molecule has 0 saturated carbocycles. The molecule has 2 N–H and O–H groups in total. The molecule has 0 bridgehead atoms. The number of aryl methyl sites for hydroxylation is 1. The second-order valence-electron chi connectivity index (χ2n) is 10.5. The third-order valence-electron chi connectivity index (χ3n) is 7.22. The fourth-order valence-corrected chi connectivity index (χ4v) is 5.76. The quantitative estimate of drug-likeness (QED) is 0.542. The molecule has 5 nitrogen and oxygen atoms in total. The minimum absolute atomic E-state index is 0.0471. The third-order valence-corrected chi connectivity index (χ3v) is 11.8. The van der Waals surface area contributed by atoms with Gasteiger partial charge in [-0.15, -0.1) is 0 Å². The molecule has 0 aromatic heterocycles. The predicted molar refractivity (Wildman–Crippen MR) is 132 cm³/mol. The summed E-state index contributed by atoms with van der Waals surface area (Å²) in [5.41, 5.74) is 4.45. The van der Waals surface area contributed by atoms with E-state index in [1.165, 1.54) is 11.1 Å². The highest BCUT2D eigenvalue weighted by Gasteiger charge is 2.40. The number of amides is 2. The largest absolute Gasteiger partial charge is 0.493 e. The Bertz CT molecular complexity index is 983. The minimum atomic E-state index is -1.84. The number of ether oxygens (including phenoxy) is 1. The second-order valence-corrected chi connectivity index (χ2v) is 15.3. The lowest BCUT2D eigenvalue weighted by Crippen LogP contribution is -2.45. The van der Waals surface area contributed by atoms with E-state index < -0.39 is 8.32 Å². The molecule has 0 radical (unpaired) electrons. The van der Waals surface area contributed by atoms with Crippen LogP contribution in [0.15, 0.2) is 42.5 Å². The van der Waals surface area contributed by atoms with E-state index in [0.717, 1.165) is 42.7 Å². The summed E-state index contributed by atoms with van der Waals surface area (Å²) in [5, 5.41) is 6.46. The van der Waals surface area contributed by atoms with Crippen LogP contribution in [0.1, 0.15) is 56.3 Å². The number of fused-ring (bicyclic) bond motifs is 2. The molecule has 4 rings (SSSR count).